The predicted octanol–water partition coefficient (Wildman–Crippen LogP) is 5.16. The van der Waals surface area contributed by atoms with E-state index in [1.807, 2.05) is 12.1 Å². The predicted molar refractivity (Wildman–Crippen MR) is 112 cm³/mol. The highest BCUT2D eigenvalue weighted by Gasteiger charge is 2.41. The van der Waals surface area contributed by atoms with Gasteiger partial charge in [-0.15, -0.1) is 0 Å². The molecule has 26 heavy (non-hydrogen) atoms. The molecule has 136 valence electrons. The number of allylic oxidation sites excluding steroid dienone is 4. The van der Waals surface area contributed by atoms with Crippen LogP contribution in [0.5, 0.6) is 5.75 Å². The summed E-state index contributed by atoms with van der Waals surface area (Å²) in [6.07, 6.45) is 2.45. The van der Waals surface area contributed by atoms with Crippen molar-refractivity contribution < 1.29 is 9.47 Å². The molecule has 0 radical (unpaired) electrons. The van der Waals surface area contributed by atoms with Gasteiger partial charge in [0.2, 0.25) is 0 Å². The fourth-order valence-corrected chi connectivity index (χ4v) is 6.87. The van der Waals surface area contributed by atoms with Crippen molar-refractivity contribution in [2.45, 2.75) is 32.9 Å². The fraction of sp³-hybridized carbons (Fsp3) is 0.304. The molecule has 0 aromatic heterocycles. The largest absolute Gasteiger partial charge is 0.467 e. The molecule has 2 nitrogen and oxygen atoms in total. The number of hydrogen-bond donors (Lipinski definition) is 0. The molecule has 0 fully saturated rings. The van der Waals surface area contributed by atoms with E-state index in [4.69, 9.17) is 9.47 Å². The number of methoxy groups -OCH3 is 1. The zero-order chi connectivity index (χ0) is 18.7. The zero-order valence-corrected chi connectivity index (χ0v) is 17.1. The Bertz CT molecular complexity index is 838. The summed E-state index contributed by atoms with van der Waals surface area (Å²) >= 11 is 0. The summed E-state index contributed by atoms with van der Waals surface area (Å²) in [5, 5.41) is 2.58. The quantitative estimate of drug-likeness (QED) is 0.519. The van der Waals surface area contributed by atoms with Crippen LogP contribution in [-0.2, 0) is 4.74 Å². The van der Waals surface area contributed by atoms with Crippen molar-refractivity contribution in [1.29, 1.82) is 0 Å². The first-order valence-corrected chi connectivity index (χ1v) is 10.3. The Morgan fingerprint density at radius 2 is 1.58 bits per heavy atom. The number of rotatable bonds is 6. The molecule has 2 aromatic carbocycles. The number of para-hydroxylation sites is 1. The Kier molecular flexibility index (Phi) is 5.65. The molecule has 2 atom stereocenters. The van der Waals surface area contributed by atoms with Crippen molar-refractivity contribution in [3.63, 3.8) is 0 Å². The van der Waals surface area contributed by atoms with Crippen LogP contribution in [0.15, 0.2) is 77.4 Å². The summed E-state index contributed by atoms with van der Waals surface area (Å²) in [6.45, 7) is 9.36. The molecule has 0 saturated heterocycles. The van der Waals surface area contributed by atoms with Crippen molar-refractivity contribution in [3.05, 3.63) is 77.4 Å². The Morgan fingerprint density at radius 3 is 2.19 bits per heavy atom. The van der Waals surface area contributed by atoms with Gasteiger partial charge in [-0.1, -0.05) is 65.8 Å². The van der Waals surface area contributed by atoms with Crippen molar-refractivity contribution in [1.82, 2.24) is 0 Å². The molecular weight excluding hydrogens is 339 g/mol. The maximum absolute atomic E-state index is 5.94. The zero-order valence-electron chi connectivity index (χ0n) is 16.2. The first-order chi connectivity index (χ1) is 12.5. The summed E-state index contributed by atoms with van der Waals surface area (Å²) in [5.74, 6) is 0.911. The number of hydrogen-bond acceptors (Lipinski definition) is 2. The van der Waals surface area contributed by atoms with Crippen LogP contribution in [0.1, 0.15) is 27.7 Å². The normalized spacial score (nSPS) is 20.9. The topological polar surface area (TPSA) is 18.5 Å². The lowest BCUT2D eigenvalue weighted by Crippen LogP contribution is -2.31. The van der Waals surface area contributed by atoms with E-state index in [2.05, 4.69) is 76.2 Å². The third-order valence-corrected chi connectivity index (χ3v) is 8.39. The maximum atomic E-state index is 5.94. The highest BCUT2D eigenvalue weighted by atomic mass is 31.1. The van der Waals surface area contributed by atoms with Crippen LogP contribution in [0, 0.1) is 0 Å². The van der Waals surface area contributed by atoms with E-state index in [0.717, 1.165) is 5.75 Å². The van der Waals surface area contributed by atoms with E-state index < -0.39 is 7.92 Å². The average molecular weight is 366 g/mol. The van der Waals surface area contributed by atoms with E-state index in [9.17, 15) is 0 Å². The Hall–Kier alpha value is -1.89. The van der Waals surface area contributed by atoms with E-state index in [0.29, 0.717) is 0 Å². The second kappa shape index (κ2) is 7.78. The highest BCUT2D eigenvalue weighted by Crippen LogP contribution is 2.58. The van der Waals surface area contributed by atoms with Crippen molar-refractivity contribution in [2.75, 3.05) is 13.9 Å². The van der Waals surface area contributed by atoms with Gasteiger partial charge in [0.15, 0.2) is 6.79 Å². The Labute approximate surface area is 158 Å². The Morgan fingerprint density at radius 1 is 0.923 bits per heavy atom. The van der Waals surface area contributed by atoms with Gasteiger partial charge in [0, 0.05) is 17.6 Å². The van der Waals surface area contributed by atoms with Gasteiger partial charge in [0.25, 0.3) is 0 Å². The molecule has 0 N–H and O–H groups in total. The lowest BCUT2D eigenvalue weighted by molar-refractivity contribution is 0.0519. The van der Waals surface area contributed by atoms with E-state index >= 15 is 0 Å². The van der Waals surface area contributed by atoms with Crippen molar-refractivity contribution in [3.8, 4) is 5.75 Å². The summed E-state index contributed by atoms with van der Waals surface area (Å²) in [4.78, 5) is 0. The van der Waals surface area contributed by atoms with Crippen LogP contribution in [0.25, 0.3) is 0 Å². The summed E-state index contributed by atoms with van der Waals surface area (Å²) in [5.41, 5.74) is 4.24. The molecule has 0 saturated carbocycles. The first-order valence-electron chi connectivity index (χ1n) is 8.93. The van der Waals surface area contributed by atoms with Gasteiger partial charge in [0.1, 0.15) is 5.75 Å². The maximum Gasteiger partial charge on any atom is 0.188 e. The standard InChI is InChI=1S/C23H27O2P/c1-17-15-23(4,19(3)18(17)2)26(20-11-7-6-8-12-20)22-14-10-9-13-21(22)25-16-24-5/h6-15H,16H2,1-5H3. The van der Waals surface area contributed by atoms with E-state index in [1.54, 1.807) is 7.11 Å². The smallest absolute Gasteiger partial charge is 0.188 e. The lowest BCUT2D eigenvalue weighted by Gasteiger charge is -2.36. The highest BCUT2D eigenvalue weighted by molar-refractivity contribution is 7.75. The lowest BCUT2D eigenvalue weighted by atomic mass is 10.0. The van der Waals surface area contributed by atoms with Crippen LogP contribution < -0.4 is 15.3 Å². The molecule has 1 aliphatic carbocycles. The van der Waals surface area contributed by atoms with Crippen LogP contribution in [0.4, 0.5) is 0 Å². The molecule has 0 spiro atoms. The van der Waals surface area contributed by atoms with Crippen LogP contribution in [-0.4, -0.2) is 19.1 Å². The minimum absolute atomic E-state index is 0.0304. The second-order valence-electron chi connectivity index (χ2n) is 6.91. The molecule has 1 aliphatic rings. The fourth-order valence-electron chi connectivity index (χ4n) is 3.67. The number of ether oxygens (including phenoxy) is 2. The minimum atomic E-state index is -0.679. The van der Waals surface area contributed by atoms with Gasteiger partial charge in [-0.05, 0) is 52.6 Å². The van der Waals surface area contributed by atoms with Gasteiger partial charge >= 0.3 is 0 Å². The van der Waals surface area contributed by atoms with Gasteiger partial charge in [-0.3, -0.25) is 0 Å². The monoisotopic (exact) mass is 366 g/mol. The summed E-state index contributed by atoms with van der Waals surface area (Å²) < 4.78 is 11.1. The number of benzene rings is 2. The van der Waals surface area contributed by atoms with Crippen LogP contribution in [0.2, 0.25) is 0 Å². The molecule has 2 aromatic rings. The minimum Gasteiger partial charge on any atom is -0.467 e. The summed E-state index contributed by atoms with van der Waals surface area (Å²) in [7, 11) is 0.977. The third-order valence-electron chi connectivity index (χ3n) is 5.33. The van der Waals surface area contributed by atoms with Gasteiger partial charge in [-0.25, -0.2) is 0 Å². The van der Waals surface area contributed by atoms with Crippen molar-refractivity contribution >= 4 is 18.5 Å². The molecule has 0 aliphatic heterocycles. The van der Waals surface area contributed by atoms with E-state index in [-0.39, 0.29) is 11.9 Å². The van der Waals surface area contributed by atoms with E-state index in [1.165, 1.54) is 27.3 Å². The summed E-state index contributed by atoms with van der Waals surface area (Å²) in [6, 6.07) is 19.2. The molecule has 3 heteroatoms. The van der Waals surface area contributed by atoms with Gasteiger partial charge < -0.3 is 9.47 Å². The Balaban J connectivity index is 2.20. The third kappa shape index (κ3) is 3.37. The molecule has 0 heterocycles. The van der Waals surface area contributed by atoms with Crippen LogP contribution in [0.3, 0.4) is 0 Å². The molecule has 0 bridgehead atoms. The SMILES string of the molecule is COCOc1ccccc1P(c1ccccc1)C1(C)C=C(C)C(C)=C1C. The first kappa shape index (κ1) is 18.9. The molecule has 0 amide bonds. The van der Waals surface area contributed by atoms with Gasteiger partial charge in [0.05, 0.1) is 0 Å². The molecule has 2 unspecified atom stereocenters. The second-order valence-corrected chi connectivity index (χ2v) is 9.51. The molecular formula is C23H27O2P. The van der Waals surface area contributed by atoms with Gasteiger partial charge in [-0.2, -0.15) is 0 Å². The average Bonchev–Trinajstić information content (AvgIpc) is 2.85. The van der Waals surface area contributed by atoms with Crippen molar-refractivity contribution in [2.24, 2.45) is 0 Å². The van der Waals surface area contributed by atoms with Crippen LogP contribution >= 0.6 is 7.92 Å². The molecule has 3 rings (SSSR count).